The van der Waals surface area contributed by atoms with Gasteiger partial charge in [0, 0.05) is 5.54 Å². The average molecular weight is 262 g/mol. The second kappa shape index (κ2) is 3.87. The molecule has 0 aromatic heterocycles. The van der Waals surface area contributed by atoms with Crippen molar-refractivity contribution < 1.29 is 9.13 Å². The van der Waals surface area contributed by atoms with Gasteiger partial charge in [-0.3, -0.25) is 0 Å². The summed E-state index contributed by atoms with van der Waals surface area (Å²) in [4.78, 5) is 0. The van der Waals surface area contributed by atoms with Crippen molar-refractivity contribution in [3.63, 3.8) is 0 Å². The van der Waals surface area contributed by atoms with E-state index in [1.807, 2.05) is 13.8 Å². The van der Waals surface area contributed by atoms with E-state index in [0.717, 1.165) is 5.56 Å². The van der Waals surface area contributed by atoms with Gasteiger partial charge in [0.1, 0.15) is 0 Å². The summed E-state index contributed by atoms with van der Waals surface area (Å²) in [5.41, 5.74) is 6.02. The maximum atomic E-state index is 13.4. The summed E-state index contributed by atoms with van der Waals surface area (Å²) in [5, 5.41) is 0. The van der Waals surface area contributed by atoms with E-state index >= 15 is 0 Å². The van der Waals surface area contributed by atoms with Gasteiger partial charge in [-0.15, -0.1) is 0 Å². The van der Waals surface area contributed by atoms with Crippen LogP contribution in [0.1, 0.15) is 19.4 Å². The van der Waals surface area contributed by atoms with E-state index in [2.05, 4.69) is 15.9 Å². The van der Waals surface area contributed by atoms with E-state index in [4.69, 9.17) is 10.5 Å². The standard InChI is InChI=1S/C10H13BrFNO/c1-10(2,13)6-4-7(11)9(14-3)8(12)5-6/h4-5H,13H2,1-3H3. The summed E-state index contributed by atoms with van der Waals surface area (Å²) in [7, 11) is 1.43. The van der Waals surface area contributed by atoms with Crippen LogP contribution in [0, 0.1) is 5.82 Å². The van der Waals surface area contributed by atoms with E-state index < -0.39 is 11.4 Å². The van der Waals surface area contributed by atoms with Crippen molar-refractivity contribution in [2.75, 3.05) is 7.11 Å². The molecule has 2 nitrogen and oxygen atoms in total. The molecule has 1 aromatic rings. The Balaban J connectivity index is 3.28. The molecule has 0 heterocycles. The van der Waals surface area contributed by atoms with Gasteiger partial charge in [0.25, 0.3) is 0 Å². The predicted molar refractivity (Wildman–Crippen MR) is 57.9 cm³/mol. The molecule has 0 aliphatic heterocycles. The first-order valence-corrected chi connectivity index (χ1v) is 4.98. The molecule has 1 rings (SSSR count). The van der Waals surface area contributed by atoms with E-state index in [1.165, 1.54) is 13.2 Å². The van der Waals surface area contributed by atoms with Crippen molar-refractivity contribution in [1.82, 2.24) is 0 Å². The third-order valence-corrected chi connectivity index (χ3v) is 2.54. The maximum absolute atomic E-state index is 13.4. The van der Waals surface area contributed by atoms with Gasteiger partial charge in [-0.05, 0) is 47.5 Å². The highest BCUT2D eigenvalue weighted by atomic mass is 79.9. The quantitative estimate of drug-likeness (QED) is 0.889. The Kier molecular flexibility index (Phi) is 3.17. The minimum absolute atomic E-state index is 0.206. The fraction of sp³-hybridized carbons (Fsp3) is 0.400. The van der Waals surface area contributed by atoms with Crippen LogP contribution in [0.25, 0.3) is 0 Å². The first kappa shape index (κ1) is 11.5. The molecule has 0 saturated carbocycles. The molecular weight excluding hydrogens is 249 g/mol. The van der Waals surface area contributed by atoms with Gasteiger partial charge >= 0.3 is 0 Å². The molecule has 2 N–H and O–H groups in total. The van der Waals surface area contributed by atoms with E-state index in [9.17, 15) is 4.39 Å². The monoisotopic (exact) mass is 261 g/mol. The van der Waals surface area contributed by atoms with E-state index in [0.29, 0.717) is 4.47 Å². The Labute approximate surface area is 91.4 Å². The number of nitrogens with two attached hydrogens (primary N) is 1. The van der Waals surface area contributed by atoms with Gasteiger partial charge in [0.05, 0.1) is 11.6 Å². The molecule has 78 valence electrons. The minimum atomic E-state index is -0.560. The smallest absolute Gasteiger partial charge is 0.168 e. The van der Waals surface area contributed by atoms with Gasteiger partial charge in [-0.2, -0.15) is 0 Å². The maximum Gasteiger partial charge on any atom is 0.168 e. The van der Waals surface area contributed by atoms with Gasteiger partial charge in [-0.25, -0.2) is 4.39 Å². The Bertz CT molecular complexity index is 323. The summed E-state index contributed by atoms with van der Waals surface area (Å²) >= 11 is 3.23. The number of hydrogen-bond acceptors (Lipinski definition) is 2. The normalized spacial score (nSPS) is 11.6. The number of rotatable bonds is 2. The van der Waals surface area contributed by atoms with Crippen LogP contribution in [0.5, 0.6) is 5.75 Å². The van der Waals surface area contributed by atoms with Gasteiger partial charge in [-0.1, -0.05) is 0 Å². The highest BCUT2D eigenvalue weighted by molar-refractivity contribution is 9.10. The molecule has 14 heavy (non-hydrogen) atoms. The SMILES string of the molecule is COc1c(F)cc(C(C)(C)N)cc1Br. The number of halogens is 2. The van der Waals surface area contributed by atoms with Crippen molar-refractivity contribution in [1.29, 1.82) is 0 Å². The number of ether oxygens (including phenoxy) is 1. The number of methoxy groups -OCH3 is 1. The van der Waals surface area contributed by atoms with Crippen LogP contribution in [-0.4, -0.2) is 7.11 Å². The Morgan fingerprint density at radius 3 is 2.36 bits per heavy atom. The van der Waals surface area contributed by atoms with Crippen molar-refractivity contribution in [3.8, 4) is 5.75 Å². The van der Waals surface area contributed by atoms with Crippen molar-refractivity contribution in [3.05, 3.63) is 28.0 Å². The van der Waals surface area contributed by atoms with E-state index in [-0.39, 0.29) is 5.75 Å². The van der Waals surface area contributed by atoms with Crippen LogP contribution >= 0.6 is 15.9 Å². The van der Waals surface area contributed by atoms with Crippen LogP contribution in [0.2, 0.25) is 0 Å². The molecule has 4 heteroatoms. The average Bonchev–Trinajstić information content (AvgIpc) is 2.01. The number of hydrogen-bond donors (Lipinski definition) is 1. The van der Waals surface area contributed by atoms with Crippen LogP contribution in [0.3, 0.4) is 0 Å². The largest absolute Gasteiger partial charge is 0.492 e. The molecule has 0 fully saturated rings. The first-order chi connectivity index (χ1) is 6.36. The third kappa shape index (κ3) is 2.25. The zero-order chi connectivity index (χ0) is 10.9. The lowest BCUT2D eigenvalue weighted by Gasteiger charge is -2.20. The highest BCUT2D eigenvalue weighted by Gasteiger charge is 2.18. The summed E-state index contributed by atoms with van der Waals surface area (Å²) in [6.45, 7) is 3.64. The fourth-order valence-electron chi connectivity index (χ4n) is 1.13. The molecule has 0 amide bonds. The lowest BCUT2D eigenvalue weighted by molar-refractivity contribution is 0.382. The van der Waals surface area contributed by atoms with Crippen LogP contribution in [0.4, 0.5) is 4.39 Å². The Hall–Kier alpha value is -0.610. The highest BCUT2D eigenvalue weighted by Crippen LogP contribution is 2.32. The summed E-state index contributed by atoms with van der Waals surface area (Å²) in [6.07, 6.45) is 0. The van der Waals surface area contributed by atoms with E-state index in [1.54, 1.807) is 6.07 Å². The lowest BCUT2D eigenvalue weighted by Crippen LogP contribution is -2.28. The van der Waals surface area contributed by atoms with Gasteiger partial charge in [0.2, 0.25) is 0 Å². The summed E-state index contributed by atoms with van der Waals surface area (Å²) in [5.74, 6) is -0.201. The van der Waals surface area contributed by atoms with Crippen LogP contribution in [0.15, 0.2) is 16.6 Å². The van der Waals surface area contributed by atoms with Crippen LogP contribution in [-0.2, 0) is 5.54 Å². The fourth-order valence-corrected chi connectivity index (χ4v) is 1.72. The minimum Gasteiger partial charge on any atom is -0.492 e. The summed E-state index contributed by atoms with van der Waals surface area (Å²) < 4.78 is 18.9. The zero-order valence-corrected chi connectivity index (χ0v) is 9.98. The topological polar surface area (TPSA) is 35.2 Å². The van der Waals surface area contributed by atoms with Gasteiger partial charge < -0.3 is 10.5 Å². The molecule has 0 aliphatic carbocycles. The molecule has 0 atom stereocenters. The molecule has 0 radical (unpaired) electrons. The summed E-state index contributed by atoms with van der Waals surface area (Å²) in [6, 6.07) is 3.16. The molecule has 0 unspecified atom stereocenters. The lowest BCUT2D eigenvalue weighted by atomic mass is 9.95. The molecule has 0 bridgehead atoms. The second-order valence-electron chi connectivity index (χ2n) is 3.69. The molecule has 1 aromatic carbocycles. The van der Waals surface area contributed by atoms with Crippen molar-refractivity contribution >= 4 is 15.9 Å². The molecule has 0 aliphatic rings. The second-order valence-corrected chi connectivity index (χ2v) is 4.55. The molecular formula is C10H13BrFNO. The first-order valence-electron chi connectivity index (χ1n) is 4.18. The molecule has 0 spiro atoms. The number of benzene rings is 1. The predicted octanol–water partition coefficient (Wildman–Crippen LogP) is 2.79. The van der Waals surface area contributed by atoms with Crippen molar-refractivity contribution in [2.45, 2.75) is 19.4 Å². The van der Waals surface area contributed by atoms with Crippen molar-refractivity contribution in [2.24, 2.45) is 5.73 Å². The third-order valence-electron chi connectivity index (χ3n) is 1.95. The van der Waals surface area contributed by atoms with Gasteiger partial charge in [0.15, 0.2) is 11.6 Å². The van der Waals surface area contributed by atoms with Crippen LogP contribution < -0.4 is 10.5 Å². The Morgan fingerprint density at radius 1 is 1.43 bits per heavy atom. The Morgan fingerprint density at radius 2 is 2.00 bits per heavy atom. The molecule has 0 saturated heterocycles. The zero-order valence-electron chi connectivity index (χ0n) is 8.40.